The average Bonchev–Trinajstić information content (AvgIpc) is 2.94. The zero-order chi connectivity index (χ0) is 13.8. The third kappa shape index (κ3) is 2.73. The van der Waals surface area contributed by atoms with Crippen molar-refractivity contribution in [2.24, 2.45) is 11.1 Å². The SMILES string of the molecule is NCCC1(CCc2cccc3ccccc23)CCCC1. The van der Waals surface area contributed by atoms with Gasteiger partial charge in [0, 0.05) is 0 Å². The van der Waals surface area contributed by atoms with Crippen molar-refractivity contribution in [2.75, 3.05) is 6.54 Å². The molecule has 3 rings (SSSR count). The quantitative estimate of drug-likeness (QED) is 0.836. The third-order valence-corrected chi connectivity index (χ3v) is 5.14. The van der Waals surface area contributed by atoms with Crippen LogP contribution >= 0.6 is 0 Å². The Labute approximate surface area is 122 Å². The smallest absolute Gasteiger partial charge is 0.00720 e. The number of hydrogen-bond donors (Lipinski definition) is 1. The van der Waals surface area contributed by atoms with Crippen molar-refractivity contribution in [2.45, 2.75) is 44.9 Å². The minimum absolute atomic E-state index is 0.533. The van der Waals surface area contributed by atoms with E-state index in [0.717, 1.165) is 6.54 Å². The van der Waals surface area contributed by atoms with E-state index in [1.165, 1.54) is 61.3 Å². The maximum atomic E-state index is 5.85. The van der Waals surface area contributed by atoms with Gasteiger partial charge in [-0.1, -0.05) is 55.3 Å². The van der Waals surface area contributed by atoms with Crippen LogP contribution < -0.4 is 5.73 Å². The molecule has 2 N–H and O–H groups in total. The number of nitrogens with two attached hydrogens (primary N) is 1. The van der Waals surface area contributed by atoms with Gasteiger partial charge in [-0.15, -0.1) is 0 Å². The maximum absolute atomic E-state index is 5.85. The minimum atomic E-state index is 0.533. The van der Waals surface area contributed by atoms with Crippen LogP contribution in [-0.2, 0) is 6.42 Å². The molecular formula is C19H25N. The second kappa shape index (κ2) is 5.97. The molecule has 0 bridgehead atoms. The average molecular weight is 267 g/mol. The standard InChI is InChI=1S/C19H25N/c20-15-14-19(11-3-4-12-19)13-10-17-8-5-7-16-6-1-2-9-18(16)17/h1-2,5-9H,3-4,10-15,20H2. The van der Waals surface area contributed by atoms with Gasteiger partial charge < -0.3 is 5.73 Å². The van der Waals surface area contributed by atoms with Crippen LogP contribution in [0.4, 0.5) is 0 Å². The fourth-order valence-corrected chi connectivity index (χ4v) is 3.97. The summed E-state index contributed by atoms with van der Waals surface area (Å²) in [6.45, 7) is 0.843. The fourth-order valence-electron chi connectivity index (χ4n) is 3.97. The normalized spacial score (nSPS) is 17.6. The van der Waals surface area contributed by atoms with Crippen LogP contribution in [0.15, 0.2) is 42.5 Å². The summed E-state index contributed by atoms with van der Waals surface area (Å²) in [7, 11) is 0. The molecule has 0 unspecified atom stereocenters. The monoisotopic (exact) mass is 267 g/mol. The molecule has 0 aliphatic heterocycles. The highest BCUT2D eigenvalue weighted by molar-refractivity contribution is 5.85. The second-order valence-electron chi connectivity index (χ2n) is 6.38. The number of fused-ring (bicyclic) bond motifs is 1. The van der Waals surface area contributed by atoms with Gasteiger partial charge in [0.25, 0.3) is 0 Å². The molecule has 0 spiro atoms. The first-order chi connectivity index (χ1) is 9.83. The van der Waals surface area contributed by atoms with E-state index >= 15 is 0 Å². The van der Waals surface area contributed by atoms with Crippen molar-refractivity contribution >= 4 is 10.8 Å². The Morgan fingerprint density at radius 1 is 0.900 bits per heavy atom. The first-order valence-corrected chi connectivity index (χ1v) is 8.00. The molecule has 106 valence electrons. The van der Waals surface area contributed by atoms with Crippen LogP contribution in [-0.4, -0.2) is 6.54 Å². The van der Waals surface area contributed by atoms with Crippen LogP contribution in [0.2, 0.25) is 0 Å². The highest BCUT2D eigenvalue weighted by Crippen LogP contribution is 2.44. The van der Waals surface area contributed by atoms with Crippen molar-refractivity contribution in [1.29, 1.82) is 0 Å². The lowest BCUT2D eigenvalue weighted by Crippen LogP contribution is -2.21. The Morgan fingerprint density at radius 2 is 1.65 bits per heavy atom. The highest BCUT2D eigenvalue weighted by atomic mass is 14.5. The lowest BCUT2D eigenvalue weighted by molar-refractivity contribution is 0.253. The van der Waals surface area contributed by atoms with Crippen LogP contribution in [0, 0.1) is 5.41 Å². The van der Waals surface area contributed by atoms with Gasteiger partial charge in [0.05, 0.1) is 0 Å². The van der Waals surface area contributed by atoms with Crippen LogP contribution in [0.5, 0.6) is 0 Å². The molecule has 0 radical (unpaired) electrons. The van der Waals surface area contributed by atoms with E-state index in [1.54, 1.807) is 0 Å². The van der Waals surface area contributed by atoms with Crippen molar-refractivity contribution in [3.8, 4) is 0 Å². The Kier molecular flexibility index (Phi) is 4.07. The molecule has 0 amide bonds. The molecule has 1 saturated carbocycles. The number of aryl methyl sites for hydroxylation is 1. The molecule has 0 atom stereocenters. The Bertz CT molecular complexity index is 561. The van der Waals surface area contributed by atoms with Gasteiger partial charge in [0.2, 0.25) is 0 Å². The summed E-state index contributed by atoms with van der Waals surface area (Å²) >= 11 is 0. The van der Waals surface area contributed by atoms with E-state index in [-0.39, 0.29) is 0 Å². The lowest BCUT2D eigenvalue weighted by Gasteiger charge is -2.28. The molecule has 1 fully saturated rings. The van der Waals surface area contributed by atoms with E-state index in [4.69, 9.17) is 5.73 Å². The van der Waals surface area contributed by atoms with Gasteiger partial charge in [-0.2, -0.15) is 0 Å². The Morgan fingerprint density at radius 3 is 2.45 bits per heavy atom. The van der Waals surface area contributed by atoms with Gasteiger partial charge in [-0.05, 0) is 60.4 Å². The summed E-state index contributed by atoms with van der Waals surface area (Å²) in [5, 5.41) is 2.79. The van der Waals surface area contributed by atoms with Gasteiger partial charge in [0.15, 0.2) is 0 Å². The fraction of sp³-hybridized carbons (Fsp3) is 0.474. The number of rotatable bonds is 5. The molecule has 0 aromatic heterocycles. The molecular weight excluding hydrogens is 242 g/mol. The van der Waals surface area contributed by atoms with Crippen molar-refractivity contribution in [3.63, 3.8) is 0 Å². The molecule has 1 nitrogen and oxygen atoms in total. The summed E-state index contributed by atoms with van der Waals surface area (Å²) in [5.74, 6) is 0. The van der Waals surface area contributed by atoms with Gasteiger partial charge in [-0.3, -0.25) is 0 Å². The lowest BCUT2D eigenvalue weighted by atomic mass is 9.77. The van der Waals surface area contributed by atoms with Crippen LogP contribution in [0.25, 0.3) is 10.8 Å². The molecule has 0 heterocycles. The maximum Gasteiger partial charge on any atom is -0.00720 e. The van der Waals surface area contributed by atoms with Crippen molar-refractivity contribution in [1.82, 2.24) is 0 Å². The molecule has 2 aromatic rings. The van der Waals surface area contributed by atoms with Crippen LogP contribution in [0.1, 0.15) is 44.1 Å². The number of benzene rings is 2. The molecule has 20 heavy (non-hydrogen) atoms. The second-order valence-corrected chi connectivity index (χ2v) is 6.38. The predicted octanol–water partition coefficient (Wildman–Crippen LogP) is 4.68. The third-order valence-electron chi connectivity index (χ3n) is 5.14. The summed E-state index contributed by atoms with van der Waals surface area (Å²) in [4.78, 5) is 0. The van der Waals surface area contributed by atoms with E-state index in [0.29, 0.717) is 5.41 Å². The first kappa shape index (κ1) is 13.6. The van der Waals surface area contributed by atoms with Crippen LogP contribution in [0.3, 0.4) is 0 Å². The van der Waals surface area contributed by atoms with E-state index in [2.05, 4.69) is 42.5 Å². The number of hydrogen-bond acceptors (Lipinski definition) is 1. The van der Waals surface area contributed by atoms with Crippen molar-refractivity contribution < 1.29 is 0 Å². The molecule has 1 heteroatoms. The molecule has 2 aromatic carbocycles. The first-order valence-electron chi connectivity index (χ1n) is 8.00. The van der Waals surface area contributed by atoms with Gasteiger partial charge in [0.1, 0.15) is 0 Å². The summed E-state index contributed by atoms with van der Waals surface area (Å²) in [6.07, 6.45) is 9.27. The predicted molar refractivity (Wildman–Crippen MR) is 86.8 cm³/mol. The van der Waals surface area contributed by atoms with E-state index in [1.807, 2.05) is 0 Å². The molecule has 1 aliphatic rings. The van der Waals surface area contributed by atoms with Gasteiger partial charge >= 0.3 is 0 Å². The topological polar surface area (TPSA) is 26.0 Å². The molecule has 0 saturated heterocycles. The summed E-state index contributed by atoms with van der Waals surface area (Å²) in [5.41, 5.74) is 7.89. The Hall–Kier alpha value is -1.34. The van der Waals surface area contributed by atoms with E-state index < -0.39 is 0 Å². The summed E-state index contributed by atoms with van der Waals surface area (Å²) in [6, 6.07) is 15.5. The zero-order valence-electron chi connectivity index (χ0n) is 12.3. The highest BCUT2D eigenvalue weighted by Gasteiger charge is 2.32. The van der Waals surface area contributed by atoms with Gasteiger partial charge in [-0.25, -0.2) is 0 Å². The Balaban J connectivity index is 1.79. The molecule has 1 aliphatic carbocycles. The zero-order valence-corrected chi connectivity index (χ0v) is 12.3. The van der Waals surface area contributed by atoms with E-state index in [9.17, 15) is 0 Å². The minimum Gasteiger partial charge on any atom is -0.330 e. The largest absolute Gasteiger partial charge is 0.330 e. The summed E-state index contributed by atoms with van der Waals surface area (Å²) < 4.78 is 0. The van der Waals surface area contributed by atoms with Crippen molar-refractivity contribution in [3.05, 3.63) is 48.0 Å².